The van der Waals surface area contributed by atoms with Gasteiger partial charge in [0.2, 0.25) is 0 Å². The first-order chi connectivity index (χ1) is 5.15. The molecule has 0 saturated carbocycles. The summed E-state index contributed by atoms with van der Waals surface area (Å²) in [4.78, 5) is 0.640. The average molecular weight is 212 g/mol. The molecule has 1 rings (SSSR count). The van der Waals surface area contributed by atoms with Crippen LogP contribution in [-0.2, 0) is 0 Å². The van der Waals surface area contributed by atoms with Crippen LogP contribution in [0.15, 0.2) is 17.0 Å². The highest BCUT2D eigenvalue weighted by Gasteiger charge is 2.06. The fourth-order valence-electron chi connectivity index (χ4n) is 0.600. The maximum absolute atomic E-state index is 12.7. The third kappa shape index (κ3) is 1.99. The summed E-state index contributed by atoms with van der Waals surface area (Å²) in [6.45, 7) is 0. The Morgan fingerprint density at radius 2 is 1.73 bits per heavy atom. The Kier molecular flexibility index (Phi) is 3.01. The van der Waals surface area contributed by atoms with E-state index in [-0.39, 0.29) is 10.0 Å². The monoisotopic (exact) mass is 211 g/mol. The van der Waals surface area contributed by atoms with Crippen LogP contribution in [0.4, 0.5) is 4.39 Å². The molecule has 60 valence electrons. The predicted molar refractivity (Wildman–Crippen MR) is 46.5 cm³/mol. The summed E-state index contributed by atoms with van der Waals surface area (Å²) in [5, 5.41) is 5.20. The Morgan fingerprint density at radius 3 is 2.09 bits per heavy atom. The summed E-state index contributed by atoms with van der Waals surface area (Å²) in [5.74, 6) is -0.605. The molecule has 0 radical (unpaired) electrons. The number of benzene rings is 1. The molecule has 5 heteroatoms. The highest BCUT2D eigenvalue weighted by molar-refractivity contribution is 7.97. The van der Waals surface area contributed by atoms with Crippen LogP contribution >= 0.6 is 35.1 Å². The quantitative estimate of drug-likeness (QED) is 0.571. The largest absolute Gasteiger partial charge is 0.274 e. The summed E-state index contributed by atoms with van der Waals surface area (Å²) in [6, 6.07) is 2.85. The third-order valence-corrected chi connectivity index (χ3v) is 2.15. The van der Waals surface area contributed by atoms with Gasteiger partial charge >= 0.3 is 0 Å². The lowest BCUT2D eigenvalue weighted by Crippen LogP contribution is -1.84. The molecule has 0 heterocycles. The summed E-state index contributed by atoms with van der Waals surface area (Å²) >= 11 is 11.9. The number of rotatable bonds is 1. The Balaban J connectivity index is 3.21. The van der Waals surface area contributed by atoms with Gasteiger partial charge in [-0.2, -0.15) is 0 Å². The fourth-order valence-corrected chi connectivity index (χ4v) is 1.59. The molecule has 0 aliphatic heterocycles. The molecule has 1 nitrogen and oxygen atoms in total. The molecule has 2 N–H and O–H groups in total. The van der Waals surface area contributed by atoms with Crippen LogP contribution in [0.25, 0.3) is 0 Å². The van der Waals surface area contributed by atoms with Gasteiger partial charge in [-0.25, -0.2) is 4.39 Å². The van der Waals surface area contributed by atoms with Crippen molar-refractivity contribution >= 4 is 35.1 Å². The van der Waals surface area contributed by atoms with Gasteiger partial charge in [0, 0.05) is 4.90 Å². The van der Waals surface area contributed by atoms with Gasteiger partial charge in [-0.1, -0.05) is 23.2 Å². The minimum atomic E-state index is -0.605. The first kappa shape index (κ1) is 9.13. The lowest BCUT2D eigenvalue weighted by atomic mass is 10.3. The molecule has 0 aliphatic carbocycles. The van der Waals surface area contributed by atoms with Crippen LogP contribution in [0, 0.1) is 5.82 Å². The molecule has 0 spiro atoms. The van der Waals surface area contributed by atoms with E-state index in [0.717, 1.165) is 11.9 Å². The van der Waals surface area contributed by atoms with Crippen molar-refractivity contribution in [3.05, 3.63) is 28.0 Å². The third-order valence-electron chi connectivity index (χ3n) is 1.09. The lowest BCUT2D eigenvalue weighted by molar-refractivity contribution is 0.627. The summed E-state index contributed by atoms with van der Waals surface area (Å²) in [5.41, 5.74) is 0. The van der Waals surface area contributed by atoms with Crippen LogP contribution < -0.4 is 5.14 Å². The van der Waals surface area contributed by atoms with E-state index < -0.39 is 5.82 Å². The normalized spacial score (nSPS) is 10.2. The van der Waals surface area contributed by atoms with Crippen molar-refractivity contribution in [2.24, 2.45) is 5.14 Å². The topological polar surface area (TPSA) is 26.0 Å². The fraction of sp³-hybridized carbons (Fsp3) is 0. The first-order valence-corrected chi connectivity index (χ1v) is 4.30. The number of nitrogens with two attached hydrogens (primary N) is 1. The predicted octanol–water partition coefficient (Wildman–Crippen LogP) is 3.10. The zero-order chi connectivity index (χ0) is 8.43. The van der Waals surface area contributed by atoms with Crippen LogP contribution in [0.1, 0.15) is 0 Å². The molecule has 0 bridgehead atoms. The van der Waals surface area contributed by atoms with Gasteiger partial charge in [-0.3, -0.25) is 5.14 Å². The molecular formula is C6H4Cl2FNS. The molecule has 1 aromatic carbocycles. The van der Waals surface area contributed by atoms with E-state index in [1.54, 1.807) is 0 Å². The van der Waals surface area contributed by atoms with E-state index in [2.05, 4.69) is 0 Å². The molecule has 0 aromatic heterocycles. The standard InChI is InChI=1S/C6H4Cl2FNS/c7-4-1-3(11-10)2-5(8)6(4)9/h1-2H,10H2. The molecule has 0 atom stereocenters. The van der Waals surface area contributed by atoms with Gasteiger partial charge in [0.1, 0.15) is 0 Å². The molecule has 0 saturated heterocycles. The SMILES string of the molecule is NSc1cc(Cl)c(F)c(Cl)c1. The zero-order valence-corrected chi connectivity index (χ0v) is 7.60. The lowest BCUT2D eigenvalue weighted by Gasteiger charge is -1.99. The van der Waals surface area contributed by atoms with Gasteiger partial charge in [0.15, 0.2) is 5.82 Å². The molecule has 0 unspecified atom stereocenters. The van der Waals surface area contributed by atoms with Crippen LogP contribution in [0.3, 0.4) is 0 Å². The van der Waals surface area contributed by atoms with Crippen LogP contribution in [0.5, 0.6) is 0 Å². The number of hydrogen-bond donors (Lipinski definition) is 1. The van der Waals surface area contributed by atoms with Crippen molar-refractivity contribution in [1.82, 2.24) is 0 Å². The molecule has 0 aliphatic rings. The second-order valence-corrected chi connectivity index (χ2v) is 3.34. The van der Waals surface area contributed by atoms with Gasteiger partial charge in [-0.05, 0) is 24.1 Å². The minimum Gasteiger partial charge on any atom is -0.274 e. The summed E-state index contributed by atoms with van der Waals surface area (Å²) in [7, 11) is 0. The average Bonchev–Trinajstić information content (AvgIpc) is 1.99. The first-order valence-electron chi connectivity index (χ1n) is 2.66. The van der Waals surface area contributed by atoms with Gasteiger partial charge in [-0.15, -0.1) is 0 Å². The van der Waals surface area contributed by atoms with Gasteiger partial charge in [0.25, 0.3) is 0 Å². The van der Waals surface area contributed by atoms with E-state index in [0.29, 0.717) is 4.90 Å². The Morgan fingerprint density at radius 1 is 1.27 bits per heavy atom. The Labute approximate surface area is 77.8 Å². The smallest absolute Gasteiger partial charge is 0.160 e. The molecule has 0 amide bonds. The molecule has 11 heavy (non-hydrogen) atoms. The van der Waals surface area contributed by atoms with E-state index in [1.165, 1.54) is 12.1 Å². The van der Waals surface area contributed by atoms with Crippen molar-refractivity contribution in [3.63, 3.8) is 0 Å². The van der Waals surface area contributed by atoms with Crippen molar-refractivity contribution in [3.8, 4) is 0 Å². The van der Waals surface area contributed by atoms with Crippen molar-refractivity contribution in [2.75, 3.05) is 0 Å². The van der Waals surface area contributed by atoms with Gasteiger partial charge < -0.3 is 0 Å². The Bertz CT molecular complexity index is 256. The highest BCUT2D eigenvalue weighted by atomic mass is 35.5. The maximum atomic E-state index is 12.7. The van der Waals surface area contributed by atoms with Crippen LogP contribution in [-0.4, -0.2) is 0 Å². The molecule has 1 aromatic rings. The number of hydrogen-bond acceptors (Lipinski definition) is 2. The van der Waals surface area contributed by atoms with E-state index in [9.17, 15) is 4.39 Å². The second-order valence-electron chi connectivity index (χ2n) is 1.82. The second kappa shape index (κ2) is 3.63. The molecular weight excluding hydrogens is 208 g/mol. The van der Waals surface area contributed by atoms with E-state index >= 15 is 0 Å². The summed E-state index contributed by atoms with van der Waals surface area (Å²) in [6.07, 6.45) is 0. The Hall–Kier alpha value is 0.0400. The summed E-state index contributed by atoms with van der Waals surface area (Å²) < 4.78 is 12.7. The minimum absolute atomic E-state index is 0.00884. The highest BCUT2D eigenvalue weighted by Crippen LogP contribution is 2.27. The van der Waals surface area contributed by atoms with Crippen molar-refractivity contribution in [2.45, 2.75) is 4.90 Å². The van der Waals surface area contributed by atoms with E-state index in [1.807, 2.05) is 0 Å². The zero-order valence-electron chi connectivity index (χ0n) is 5.27. The van der Waals surface area contributed by atoms with Crippen molar-refractivity contribution < 1.29 is 4.39 Å². The van der Waals surface area contributed by atoms with Crippen LogP contribution in [0.2, 0.25) is 10.0 Å². The van der Waals surface area contributed by atoms with E-state index in [4.69, 9.17) is 28.3 Å². The van der Waals surface area contributed by atoms with Crippen molar-refractivity contribution in [1.29, 1.82) is 0 Å². The van der Waals surface area contributed by atoms with Gasteiger partial charge in [0.05, 0.1) is 10.0 Å². The molecule has 0 fully saturated rings. The number of halogens is 3. The maximum Gasteiger partial charge on any atom is 0.160 e.